The third-order valence-electron chi connectivity index (χ3n) is 3.95. The van der Waals surface area contributed by atoms with E-state index in [-0.39, 0.29) is 6.61 Å². The topological polar surface area (TPSA) is 47.9 Å². The van der Waals surface area contributed by atoms with Crippen LogP contribution >= 0.6 is 0 Å². The molecule has 0 aromatic rings. The Morgan fingerprint density at radius 1 is 0.609 bits per heavy atom. The fourth-order valence-corrected chi connectivity index (χ4v) is 1.99. The van der Waals surface area contributed by atoms with Crippen LogP contribution in [0.25, 0.3) is 0 Å². The summed E-state index contributed by atoms with van der Waals surface area (Å²) in [7, 11) is 8.79. The zero-order valence-corrected chi connectivity index (χ0v) is 16.1. The molecule has 0 aromatic heterocycles. The summed E-state index contributed by atoms with van der Waals surface area (Å²) in [4.78, 5) is 0. The summed E-state index contributed by atoms with van der Waals surface area (Å²) in [5, 5.41) is 8.68. The number of nitrogens with zero attached hydrogens (tertiary/aromatic N) is 2. The number of rotatable bonds is 16. The van der Waals surface area contributed by atoms with Gasteiger partial charge in [0.1, 0.15) is 26.2 Å². The minimum atomic E-state index is 0.0913. The van der Waals surface area contributed by atoms with Crippen molar-refractivity contribution in [2.75, 3.05) is 101 Å². The molecule has 0 radical (unpaired) electrons. The molecule has 0 bridgehead atoms. The summed E-state index contributed by atoms with van der Waals surface area (Å²) >= 11 is 0. The molecule has 6 nitrogen and oxygen atoms in total. The predicted molar refractivity (Wildman–Crippen MR) is 93.5 cm³/mol. The zero-order valence-electron chi connectivity index (χ0n) is 16.1. The molecule has 0 saturated heterocycles. The van der Waals surface area contributed by atoms with Gasteiger partial charge in [0.2, 0.25) is 0 Å². The minimum absolute atomic E-state index is 0.0913. The first-order chi connectivity index (χ1) is 10.8. The van der Waals surface area contributed by atoms with E-state index >= 15 is 0 Å². The molecule has 0 aliphatic carbocycles. The molecule has 0 heterocycles. The number of likely N-dealkylation sites (N-methyl/N-ethyl adjacent to an activating group) is 2. The normalized spacial score (nSPS) is 12.8. The lowest BCUT2D eigenvalue weighted by atomic mass is 10.4. The number of ether oxygens (including phenoxy) is 3. The van der Waals surface area contributed by atoms with Crippen molar-refractivity contribution in [3.63, 3.8) is 0 Å². The van der Waals surface area contributed by atoms with Crippen molar-refractivity contribution < 1.29 is 28.3 Å². The molecule has 0 spiro atoms. The van der Waals surface area contributed by atoms with Gasteiger partial charge in [-0.25, -0.2) is 0 Å². The third kappa shape index (κ3) is 15.1. The molecule has 0 rings (SSSR count). The molecule has 0 amide bonds. The van der Waals surface area contributed by atoms with Crippen LogP contribution < -0.4 is 0 Å². The van der Waals surface area contributed by atoms with Crippen LogP contribution in [0.4, 0.5) is 0 Å². The van der Waals surface area contributed by atoms with Crippen molar-refractivity contribution in [3.8, 4) is 0 Å². The number of hydrogen-bond acceptors (Lipinski definition) is 4. The van der Waals surface area contributed by atoms with Gasteiger partial charge in [0.25, 0.3) is 0 Å². The van der Waals surface area contributed by atoms with E-state index in [0.717, 1.165) is 68.0 Å². The van der Waals surface area contributed by atoms with Crippen molar-refractivity contribution in [2.24, 2.45) is 0 Å². The first-order valence-electron chi connectivity index (χ1n) is 8.81. The summed E-state index contributed by atoms with van der Waals surface area (Å²) < 4.78 is 18.5. The first kappa shape index (κ1) is 22.8. The van der Waals surface area contributed by atoms with Gasteiger partial charge in [0, 0.05) is 6.61 Å². The van der Waals surface area contributed by atoms with E-state index in [0.29, 0.717) is 13.2 Å². The number of hydrogen-bond donors (Lipinski definition) is 1. The van der Waals surface area contributed by atoms with Gasteiger partial charge in [0.15, 0.2) is 0 Å². The lowest BCUT2D eigenvalue weighted by molar-refractivity contribution is -0.894. The van der Waals surface area contributed by atoms with Crippen molar-refractivity contribution in [1.29, 1.82) is 0 Å². The Morgan fingerprint density at radius 3 is 1.30 bits per heavy atom. The Hall–Kier alpha value is -0.240. The summed E-state index contributed by atoms with van der Waals surface area (Å²) in [5.74, 6) is 0. The molecule has 140 valence electrons. The van der Waals surface area contributed by atoms with Gasteiger partial charge < -0.3 is 28.3 Å². The molecular weight excluding hydrogens is 296 g/mol. The lowest BCUT2D eigenvalue weighted by Gasteiger charge is -2.31. The van der Waals surface area contributed by atoms with Crippen molar-refractivity contribution in [3.05, 3.63) is 0 Å². The highest BCUT2D eigenvalue weighted by Crippen LogP contribution is 2.00. The average molecular weight is 337 g/mol. The smallest absolute Gasteiger partial charge is 0.102 e. The zero-order chi connectivity index (χ0) is 17.6. The summed E-state index contributed by atoms with van der Waals surface area (Å²) in [5.41, 5.74) is 0. The van der Waals surface area contributed by atoms with Crippen LogP contribution in [0, 0.1) is 0 Å². The largest absolute Gasteiger partial charge is 0.394 e. The average Bonchev–Trinajstić information content (AvgIpc) is 2.48. The van der Waals surface area contributed by atoms with Crippen LogP contribution in [0.2, 0.25) is 0 Å². The number of quaternary nitrogens is 2. The Bertz CT molecular complexity index is 247. The first-order valence-corrected chi connectivity index (χ1v) is 8.81. The standard InChI is InChI=1S/C17H40N2O4/c1-6-12-21-13-7-18(2,3)8-14-22-15-9-19(4,5)10-16-23-17-11-20/h20H,6-17H2,1-5H3/q+2. The van der Waals surface area contributed by atoms with E-state index in [9.17, 15) is 0 Å². The van der Waals surface area contributed by atoms with Gasteiger partial charge in [0.05, 0.1) is 67.8 Å². The summed E-state index contributed by atoms with van der Waals surface area (Å²) in [6.07, 6.45) is 1.08. The van der Waals surface area contributed by atoms with Crippen molar-refractivity contribution >= 4 is 0 Å². The molecule has 0 atom stereocenters. The van der Waals surface area contributed by atoms with Gasteiger partial charge in [-0.05, 0) is 6.42 Å². The van der Waals surface area contributed by atoms with Gasteiger partial charge in [-0.2, -0.15) is 0 Å². The van der Waals surface area contributed by atoms with E-state index in [1.54, 1.807) is 0 Å². The van der Waals surface area contributed by atoms with Crippen LogP contribution in [-0.4, -0.2) is 115 Å². The molecule has 0 fully saturated rings. The molecule has 0 aromatic carbocycles. The summed E-state index contributed by atoms with van der Waals surface area (Å²) in [6, 6.07) is 0. The second-order valence-electron chi connectivity index (χ2n) is 7.33. The molecule has 0 aliphatic heterocycles. The van der Waals surface area contributed by atoms with E-state index in [1.165, 1.54) is 0 Å². The van der Waals surface area contributed by atoms with Gasteiger partial charge in [-0.3, -0.25) is 0 Å². The molecule has 6 heteroatoms. The summed E-state index contributed by atoms with van der Waals surface area (Å²) in [6.45, 7) is 10.5. The molecule has 0 unspecified atom stereocenters. The van der Waals surface area contributed by atoms with Gasteiger partial charge >= 0.3 is 0 Å². The monoisotopic (exact) mass is 336 g/mol. The van der Waals surface area contributed by atoms with Crippen molar-refractivity contribution in [1.82, 2.24) is 0 Å². The minimum Gasteiger partial charge on any atom is -0.394 e. The highest BCUT2D eigenvalue weighted by molar-refractivity contribution is 4.39. The molecule has 0 saturated carbocycles. The quantitative estimate of drug-likeness (QED) is 0.331. The van der Waals surface area contributed by atoms with E-state index in [4.69, 9.17) is 19.3 Å². The maximum atomic E-state index is 8.68. The van der Waals surface area contributed by atoms with E-state index in [2.05, 4.69) is 35.1 Å². The lowest BCUT2D eigenvalue weighted by Crippen LogP contribution is -2.46. The fourth-order valence-electron chi connectivity index (χ4n) is 1.99. The highest BCUT2D eigenvalue weighted by atomic mass is 16.5. The van der Waals surface area contributed by atoms with Crippen LogP contribution in [0.15, 0.2) is 0 Å². The Morgan fingerprint density at radius 2 is 0.957 bits per heavy atom. The van der Waals surface area contributed by atoms with Crippen LogP contribution in [-0.2, 0) is 14.2 Å². The fraction of sp³-hybridized carbons (Fsp3) is 1.00. The maximum Gasteiger partial charge on any atom is 0.102 e. The number of aliphatic hydroxyl groups excluding tert-OH is 1. The number of aliphatic hydroxyl groups is 1. The molecule has 0 aliphatic rings. The SMILES string of the molecule is CCCOCC[N+](C)(C)CCOCC[N+](C)(C)CCOCCO. The third-order valence-corrected chi connectivity index (χ3v) is 3.95. The van der Waals surface area contributed by atoms with Crippen molar-refractivity contribution in [2.45, 2.75) is 13.3 Å². The second-order valence-corrected chi connectivity index (χ2v) is 7.33. The van der Waals surface area contributed by atoms with Crippen LogP contribution in [0.1, 0.15) is 13.3 Å². The Labute approximate surface area is 143 Å². The highest BCUT2D eigenvalue weighted by Gasteiger charge is 2.16. The molecule has 1 N–H and O–H groups in total. The van der Waals surface area contributed by atoms with Crippen LogP contribution in [0.3, 0.4) is 0 Å². The molecular formula is C17H40N2O4+2. The van der Waals surface area contributed by atoms with E-state index < -0.39 is 0 Å². The van der Waals surface area contributed by atoms with Crippen LogP contribution in [0.5, 0.6) is 0 Å². The Kier molecular flexibility index (Phi) is 13.0. The van der Waals surface area contributed by atoms with E-state index in [1.807, 2.05) is 0 Å². The second kappa shape index (κ2) is 13.1. The maximum absolute atomic E-state index is 8.68. The molecule has 23 heavy (non-hydrogen) atoms. The predicted octanol–water partition coefficient (Wildman–Crippen LogP) is 0.591. The Balaban J connectivity index is 3.65. The van der Waals surface area contributed by atoms with Gasteiger partial charge in [-0.15, -0.1) is 0 Å². The van der Waals surface area contributed by atoms with Gasteiger partial charge in [-0.1, -0.05) is 6.92 Å².